The Labute approximate surface area is 390 Å². The number of pyridine rings is 2. The van der Waals surface area contributed by atoms with Crippen molar-refractivity contribution >= 4 is 50.0 Å². The van der Waals surface area contributed by atoms with Gasteiger partial charge in [0.25, 0.3) is 27.6 Å². The molecule has 1 spiro atoms. The zero-order chi connectivity index (χ0) is 47.1. The normalized spacial score (nSPS) is 22.3. The largest absolute Gasteiger partial charge is 0.455 e. The topological polar surface area (TPSA) is 210 Å². The smallest absolute Gasteiger partial charge is 0.335 e. The van der Waals surface area contributed by atoms with E-state index in [2.05, 4.69) is 73.0 Å². The van der Waals surface area contributed by atoms with Crippen LogP contribution < -0.4 is 19.7 Å². The standard InChI is InChI=1S/C49H57N9O8S/c1-31(2)37-7-5-6-8-38(37)41-30-65-22-21-57(41)35-26-49(27-35)16-19-56(20-17-49)34-9-10-39(42(24-34)66-36-23-33-13-18-51-44(33)53-29-36)47(59)55-67(63,64)43-25-40(58(61)62)45(54-46(43)50-4)52-28-32-11-14-48(3,60)15-12-32/h5-10,13,18,23-25,29,31-32,35,41,60H,11-12,14-17,19-22,26-28,30H2,1-3H3,(H,51,53)(H,52,54)(H,55,59)/t32?,41-,48?/m1/s1. The second kappa shape index (κ2) is 18.5. The Morgan fingerprint density at radius 2 is 1.85 bits per heavy atom. The number of nitrogens with one attached hydrogen (secondary N) is 3. The minimum absolute atomic E-state index is 0.0733. The average molecular weight is 932 g/mol. The van der Waals surface area contributed by atoms with Gasteiger partial charge in [-0.3, -0.25) is 19.8 Å². The number of anilines is 2. The fourth-order valence-corrected chi connectivity index (χ4v) is 11.6. The van der Waals surface area contributed by atoms with Gasteiger partial charge in [-0.15, -0.1) is 0 Å². The van der Waals surface area contributed by atoms with Crippen LogP contribution >= 0.6 is 0 Å². The van der Waals surface area contributed by atoms with Crippen molar-refractivity contribution in [2.75, 3.05) is 49.6 Å². The number of ether oxygens (including phenoxy) is 2. The molecule has 18 heteroatoms. The van der Waals surface area contributed by atoms with E-state index >= 15 is 0 Å². The Morgan fingerprint density at radius 3 is 2.58 bits per heavy atom. The number of aliphatic hydroxyl groups is 1. The molecule has 4 N–H and O–H groups in total. The molecule has 67 heavy (non-hydrogen) atoms. The Morgan fingerprint density at radius 1 is 1.09 bits per heavy atom. The van der Waals surface area contributed by atoms with Gasteiger partial charge < -0.3 is 34.6 Å². The van der Waals surface area contributed by atoms with Gasteiger partial charge >= 0.3 is 5.69 Å². The van der Waals surface area contributed by atoms with E-state index in [1.807, 2.05) is 10.8 Å². The maximum atomic E-state index is 14.1. The summed E-state index contributed by atoms with van der Waals surface area (Å²) in [5, 5.41) is 26.3. The highest BCUT2D eigenvalue weighted by Gasteiger charge is 2.50. The van der Waals surface area contributed by atoms with Crippen molar-refractivity contribution in [1.82, 2.24) is 24.6 Å². The lowest BCUT2D eigenvalue weighted by atomic mass is 9.59. The first-order valence-corrected chi connectivity index (χ1v) is 24.6. The second-order valence-corrected chi connectivity index (χ2v) is 21.0. The maximum absolute atomic E-state index is 14.1. The number of hydrogen-bond acceptors (Lipinski definition) is 13. The Balaban J connectivity index is 0.921. The Hall–Kier alpha value is -6.13. The number of rotatable bonds is 13. The lowest BCUT2D eigenvalue weighted by Crippen LogP contribution is -2.58. The molecule has 2 saturated carbocycles. The van der Waals surface area contributed by atoms with Crippen LogP contribution in [0.4, 0.5) is 23.0 Å². The SMILES string of the molecule is [C-]#[N+]c1nc(NCC2CCC(C)(O)CC2)c([N+](=O)[O-])cc1S(=O)(=O)NC(=O)c1ccc(N2CCC3(CC2)CC(N2CCOC[C@@H]2c2ccccc2C(C)C)C3)cc1Oc1cnc2[nH]ccc2c1. The molecule has 1 amide bonds. The third-order valence-corrected chi connectivity index (χ3v) is 15.8. The Bertz CT molecular complexity index is 2820. The molecule has 4 aliphatic rings. The molecule has 1 atom stereocenters. The highest BCUT2D eigenvalue weighted by Crippen LogP contribution is 2.53. The van der Waals surface area contributed by atoms with Crippen LogP contribution in [0.1, 0.15) is 106 Å². The first kappa shape index (κ1) is 46.0. The number of hydrogen-bond donors (Lipinski definition) is 4. The quantitative estimate of drug-likeness (QED) is 0.0496. The molecule has 352 valence electrons. The molecule has 2 saturated heterocycles. The molecule has 3 aromatic heterocycles. The van der Waals surface area contributed by atoms with Crippen LogP contribution in [0.5, 0.6) is 11.5 Å². The van der Waals surface area contributed by atoms with E-state index in [1.165, 1.54) is 23.4 Å². The van der Waals surface area contributed by atoms with Crippen molar-refractivity contribution < 1.29 is 32.7 Å². The third-order valence-electron chi connectivity index (χ3n) is 14.5. The van der Waals surface area contributed by atoms with Crippen LogP contribution in [-0.4, -0.2) is 95.2 Å². The monoisotopic (exact) mass is 931 g/mol. The number of aromatic nitrogens is 3. The lowest BCUT2D eigenvalue weighted by molar-refractivity contribution is -0.384. The van der Waals surface area contributed by atoms with Crippen molar-refractivity contribution in [3.63, 3.8) is 0 Å². The van der Waals surface area contributed by atoms with E-state index in [-0.39, 0.29) is 41.1 Å². The van der Waals surface area contributed by atoms with Gasteiger partial charge in [0.15, 0.2) is 0 Å². The van der Waals surface area contributed by atoms with Crippen molar-refractivity contribution in [2.45, 2.75) is 101 Å². The molecular formula is C49H57N9O8S. The van der Waals surface area contributed by atoms with Crippen molar-refractivity contribution in [2.24, 2.45) is 11.3 Å². The number of carbonyl (C=O) groups is 1. The molecule has 0 radical (unpaired) electrons. The number of sulfonamides is 1. The number of nitro groups is 1. The average Bonchev–Trinajstić information content (AvgIpc) is 3.78. The molecule has 5 heterocycles. The number of fused-ring (bicyclic) bond motifs is 1. The van der Waals surface area contributed by atoms with E-state index in [0.717, 1.165) is 69.1 Å². The highest BCUT2D eigenvalue weighted by atomic mass is 32.2. The molecule has 5 aromatic rings. The molecular weight excluding hydrogens is 875 g/mol. The molecule has 17 nitrogen and oxygen atoms in total. The summed E-state index contributed by atoms with van der Waals surface area (Å²) in [4.78, 5) is 44.5. The minimum Gasteiger partial charge on any atom is -0.455 e. The third kappa shape index (κ3) is 9.69. The van der Waals surface area contributed by atoms with Gasteiger partial charge in [-0.1, -0.05) is 49.7 Å². The zero-order valence-corrected chi connectivity index (χ0v) is 38.9. The fourth-order valence-electron chi connectivity index (χ4n) is 10.6. The van der Waals surface area contributed by atoms with E-state index in [4.69, 9.17) is 16.0 Å². The number of H-pyrrole nitrogens is 1. The van der Waals surface area contributed by atoms with Gasteiger partial charge in [0.2, 0.25) is 0 Å². The lowest BCUT2D eigenvalue weighted by Gasteiger charge is -2.57. The maximum Gasteiger partial charge on any atom is 0.335 e. The van der Waals surface area contributed by atoms with Gasteiger partial charge in [0.1, 0.15) is 22.0 Å². The molecule has 4 fully saturated rings. The van der Waals surface area contributed by atoms with Crippen molar-refractivity contribution in [3.8, 4) is 11.5 Å². The summed E-state index contributed by atoms with van der Waals surface area (Å²) >= 11 is 0. The van der Waals surface area contributed by atoms with Crippen LogP contribution in [0.15, 0.2) is 78.0 Å². The summed E-state index contributed by atoms with van der Waals surface area (Å²) in [5.41, 5.74) is 2.85. The van der Waals surface area contributed by atoms with Gasteiger partial charge in [-0.2, -0.15) is 0 Å². The van der Waals surface area contributed by atoms with Crippen LogP contribution in [0, 0.1) is 28.0 Å². The van der Waals surface area contributed by atoms with Crippen LogP contribution in [0.3, 0.4) is 0 Å². The first-order chi connectivity index (χ1) is 32.1. The number of amides is 1. The van der Waals surface area contributed by atoms with Gasteiger partial charge in [-0.25, -0.2) is 18.1 Å². The number of piperidine rings is 1. The number of benzene rings is 2. The zero-order valence-electron chi connectivity index (χ0n) is 38.0. The summed E-state index contributed by atoms with van der Waals surface area (Å²) in [6, 6.07) is 18.8. The molecule has 2 aliphatic heterocycles. The fraction of sp³-hybridized carbons (Fsp3) is 0.469. The number of morpholine rings is 1. The van der Waals surface area contributed by atoms with Gasteiger partial charge in [0, 0.05) is 61.6 Å². The summed E-state index contributed by atoms with van der Waals surface area (Å²) in [7, 11) is -4.89. The first-order valence-electron chi connectivity index (χ1n) is 23.1. The summed E-state index contributed by atoms with van der Waals surface area (Å²) in [5.74, 6) is -1.07. The summed E-state index contributed by atoms with van der Waals surface area (Å²) < 4.78 is 42.3. The number of aromatic amines is 1. The minimum atomic E-state index is -4.89. The number of nitrogens with zero attached hydrogens (tertiary/aromatic N) is 6. The molecule has 0 unspecified atom stereocenters. The molecule has 2 aliphatic carbocycles. The predicted molar refractivity (Wildman–Crippen MR) is 253 cm³/mol. The second-order valence-electron chi connectivity index (χ2n) is 19.3. The Kier molecular flexibility index (Phi) is 12.7. The van der Waals surface area contributed by atoms with E-state index in [1.54, 1.807) is 31.3 Å². The highest BCUT2D eigenvalue weighted by molar-refractivity contribution is 7.90. The molecule has 2 aromatic carbocycles. The molecule has 0 bridgehead atoms. The van der Waals surface area contributed by atoms with Crippen molar-refractivity contribution in [3.05, 3.63) is 111 Å². The number of carbonyl (C=O) groups excluding carboxylic acids is 1. The predicted octanol–water partition coefficient (Wildman–Crippen LogP) is 8.63. The summed E-state index contributed by atoms with van der Waals surface area (Å²) in [6.07, 6.45) is 9.97. The van der Waals surface area contributed by atoms with Crippen LogP contribution in [0.25, 0.3) is 15.9 Å². The van der Waals surface area contributed by atoms with Crippen LogP contribution in [0.2, 0.25) is 0 Å². The van der Waals surface area contributed by atoms with Gasteiger partial charge in [-0.05, 0) is 111 Å². The van der Waals surface area contributed by atoms with E-state index in [0.29, 0.717) is 55.6 Å². The van der Waals surface area contributed by atoms with Crippen molar-refractivity contribution in [1.29, 1.82) is 0 Å². The summed E-state index contributed by atoms with van der Waals surface area (Å²) in [6.45, 7) is 18.2. The van der Waals surface area contributed by atoms with Crippen LogP contribution in [-0.2, 0) is 14.8 Å². The van der Waals surface area contributed by atoms with E-state index < -0.39 is 42.9 Å². The van der Waals surface area contributed by atoms with E-state index in [9.17, 15) is 28.4 Å². The molecule has 9 rings (SSSR count). The van der Waals surface area contributed by atoms with Gasteiger partial charge in [0.05, 0.1) is 41.5 Å².